The molecule has 1 aromatic carbocycles. The molecular weight excluding hydrogens is 411 g/mol. The molecule has 0 radical (unpaired) electrons. The summed E-state index contributed by atoms with van der Waals surface area (Å²) in [6, 6.07) is 13.8. The van der Waals surface area contributed by atoms with Crippen molar-refractivity contribution in [2.45, 2.75) is 25.9 Å². The minimum Gasteiger partial charge on any atom is -0.352 e. The van der Waals surface area contributed by atoms with Crippen molar-refractivity contribution in [1.82, 2.24) is 19.8 Å². The van der Waals surface area contributed by atoms with E-state index in [2.05, 4.69) is 39.7 Å². The number of hydrogen-bond acceptors (Lipinski definition) is 2. The van der Waals surface area contributed by atoms with Gasteiger partial charge in [-0.05, 0) is 62.0 Å². The Morgan fingerprint density at radius 2 is 1.89 bits per heavy atom. The Labute approximate surface area is 180 Å². The number of halogens is 2. The standard InChI is InChI=1S/C21H20Cl2N4S/c1-12-11-14(13(2)27(12)17-9-6-7-15(22)18(17)23)20-19(25-21(28)26(20)3)16-8-4-5-10-24-16/h4-11,19-20H,1-3H3,(H,25,28)/t19-,20-/m0/s1. The van der Waals surface area contributed by atoms with Gasteiger partial charge >= 0.3 is 0 Å². The highest BCUT2D eigenvalue weighted by atomic mass is 35.5. The smallest absolute Gasteiger partial charge is 0.169 e. The molecule has 0 spiro atoms. The van der Waals surface area contributed by atoms with Crippen molar-refractivity contribution in [3.05, 3.63) is 81.4 Å². The van der Waals surface area contributed by atoms with Crippen LogP contribution in [0.3, 0.4) is 0 Å². The molecule has 0 bridgehead atoms. The molecule has 1 saturated heterocycles. The summed E-state index contributed by atoms with van der Waals surface area (Å²) >= 11 is 18.3. The summed E-state index contributed by atoms with van der Waals surface area (Å²) in [6.45, 7) is 4.18. The first-order chi connectivity index (χ1) is 13.4. The van der Waals surface area contributed by atoms with Crippen LogP contribution in [0.15, 0.2) is 48.7 Å². The average molecular weight is 431 g/mol. The molecule has 0 aliphatic carbocycles. The maximum atomic E-state index is 6.51. The fraction of sp³-hybridized carbons (Fsp3) is 0.238. The molecule has 144 valence electrons. The van der Waals surface area contributed by atoms with Gasteiger partial charge in [-0.25, -0.2) is 0 Å². The van der Waals surface area contributed by atoms with Crippen molar-refractivity contribution < 1.29 is 0 Å². The van der Waals surface area contributed by atoms with Gasteiger partial charge in [0.25, 0.3) is 0 Å². The minimum atomic E-state index is -0.0255. The highest BCUT2D eigenvalue weighted by molar-refractivity contribution is 7.80. The monoisotopic (exact) mass is 430 g/mol. The van der Waals surface area contributed by atoms with Gasteiger partial charge in [0.1, 0.15) is 0 Å². The van der Waals surface area contributed by atoms with Gasteiger partial charge in [-0.2, -0.15) is 0 Å². The van der Waals surface area contributed by atoms with Gasteiger partial charge in [0.05, 0.1) is 33.5 Å². The van der Waals surface area contributed by atoms with E-state index in [4.69, 9.17) is 35.4 Å². The van der Waals surface area contributed by atoms with E-state index < -0.39 is 0 Å². The molecule has 2 atom stereocenters. The van der Waals surface area contributed by atoms with Crippen LogP contribution in [-0.2, 0) is 0 Å². The number of thiocarbonyl (C=S) groups is 1. The van der Waals surface area contributed by atoms with Crippen LogP contribution in [0.1, 0.15) is 34.7 Å². The first-order valence-corrected chi connectivity index (χ1v) is 10.1. The van der Waals surface area contributed by atoms with Gasteiger partial charge in [-0.15, -0.1) is 0 Å². The number of nitrogens with zero attached hydrogens (tertiary/aromatic N) is 3. The molecule has 4 rings (SSSR count). The lowest BCUT2D eigenvalue weighted by Crippen LogP contribution is -2.25. The molecule has 1 aliphatic rings. The third kappa shape index (κ3) is 3.08. The minimum absolute atomic E-state index is 0.0255. The van der Waals surface area contributed by atoms with Crippen LogP contribution in [0.5, 0.6) is 0 Å². The molecule has 28 heavy (non-hydrogen) atoms. The third-order valence-electron chi connectivity index (χ3n) is 5.30. The van der Waals surface area contributed by atoms with Gasteiger partial charge < -0.3 is 14.8 Å². The lowest BCUT2D eigenvalue weighted by Gasteiger charge is -2.24. The van der Waals surface area contributed by atoms with Gasteiger partial charge in [0, 0.05) is 24.6 Å². The molecule has 2 aromatic heterocycles. The van der Waals surface area contributed by atoms with Crippen LogP contribution in [-0.4, -0.2) is 26.6 Å². The summed E-state index contributed by atoms with van der Waals surface area (Å²) in [5, 5.41) is 5.23. The quantitative estimate of drug-likeness (QED) is 0.563. The normalized spacial score (nSPS) is 19.2. The van der Waals surface area contributed by atoms with E-state index in [0.717, 1.165) is 22.8 Å². The Morgan fingerprint density at radius 1 is 1.11 bits per heavy atom. The SMILES string of the molecule is Cc1cc([C@H]2[C@H](c3ccccn3)NC(=S)N2C)c(C)n1-c1cccc(Cl)c1Cl. The first kappa shape index (κ1) is 19.2. The molecule has 1 N–H and O–H groups in total. The number of hydrogen-bond donors (Lipinski definition) is 1. The van der Waals surface area contributed by atoms with Gasteiger partial charge in [-0.3, -0.25) is 4.98 Å². The summed E-state index contributed by atoms with van der Waals surface area (Å²) < 4.78 is 2.15. The number of rotatable bonds is 3. The highest BCUT2D eigenvalue weighted by Gasteiger charge is 2.39. The predicted octanol–water partition coefficient (Wildman–Crippen LogP) is 5.40. The maximum absolute atomic E-state index is 6.51. The third-order valence-corrected chi connectivity index (χ3v) is 6.51. The Morgan fingerprint density at radius 3 is 2.61 bits per heavy atom. The molecule has 7 heteroatoms. The second-order valence-electron chi connectivity index (χ2n) is 6.97. The van der Waals surface area contributed by atoms with E-state index in [1.165, 1.54) is 5.56 Å². The number of nitrogens with one attached hydrogen (secondary N) is 1. The summed E-state index contributed by atoms with van der Waals surface area (Å²) in [5.74, 6) is 0. The van der Waals surface area contributed by atoms with Crippen LogP contribution in [0.2, 0.25) is 10.0 Å². The van der Waals surface area contributed by atoms with E-state index in [9.17, 15) is 0 Å². The Balaban J connectivity index is 1.85. The van der Waals surface area contributed by atoms with Crippen LogP contribution in [0, 0.1) is 13.8 Å². The fourth-order valence-electron chi connectivity index (χ4n) is 3.97. The Hall–Kier alpha value is -2.08. The van der Waals surface area contributed by atoms with Crippen LogP contribution in [0.4, 0.5) is 0 Å². The summed E-state index contributed by atoms with van der Waals surface area (Å²) in [7, 11) is 2.02. The predicted molar refractivity (Wildman–Crippen MR) is 118 cm³/mol. The van der Waals surface area contributed by atoms with E-state index in [1.807, 2.05) is 43.6 Å². The van der Waals surface area contributed by atoms with Crippen molar-refractivity contribution in [1.29, 1.82) is 0 Å². The van der Waals surface area contributed by atoms with Crippen LogP contribution in [0.25, 0.3) is 5.69 Å². The molecule has 0 amide bonds. The summed E-state index contributed by atoms with van der Waals surface area (Å²) in [5.41, 5.74) is 5.21. The molecule has 3 aromatic rings. The van der Waals surface area contributed by atoms with Crippen molar-refractivity contribution >= 4 is 40.5 Å². The van der Waals surface area contributed by atoms with Gasteiger partial charge in [0.15, 0.2) is 5.11 Å². The zero-order valence-electron chi connectivity index (χ0n) is 15.8. The molecule has 1 fully saturated rings. The zero-order valence-corrected chi connectivity index (χ0v) is 18.1. The van der Waals surface area contributed by atoms with Gasteiger partial charge in [-0.1, -0.05) is 35.3 Å². The van der Waals surface area contributed by atoms with Crippen molar-refractivity contribution in [2.75, 3.05) is 7.05 Å². The lowest BCUT2D eigenvalue weighted by atomic mass is 9.97. The molecule has 0 unspecified atom stereocenters. The molecule has 3 heterocycles. The molecule has 0 saturated carbocycles. The Bertz CT molecular complexity index is 1050. The number of likely N-dealkylation sites (N-methyl/N-ethyl adjacent to an activating group) is 1. The number of aryl methyl sites for hydroxylation is 1. The number of pyridine rings is 1. The number of benzene rings is 1. The summed E-state index contributed by atoms with van der Waals surface area (Å²) in [4.78, 5) is 6.65. The second-order valence-corrected chi connectivity index (χ2v) is 8.14. The van der Waals surface area contributed by atoms with E-state index in [0.29, 0.717) is 15.2 Å². The largest absolute Gasteiger partial charge is 0.352 e. The zero-order chi connectivity index (χ0) is 20.0. The van der Waals surface area contributed by atoms with Crippen molar-refractivity contribution in [2.24, 2.45) is 0 Å². The topological polar surface area (TPSA) is 33.1 Å². The van der Waals surface area contributed by atoms with Crippen LogP contribution >= 0.6 is 35.4 Å². The fourth-order valence-corrected chi connectivity index (χ4v) is 4.59. The molecule has 1 aliphatic heterocycles. The first-order valence-electron chi connectivity index (χ1n) is 8.97. The van der Waals surface area contributed by atoms with E-state index in [-0.39, 0.29) is 12.1 Å². The van der Waals surface area contributed by atoms with Crippen molar-refractivity contribution in [3.63, 3.8) is 0 Å². The van der Waals surface area contributed by atoms with E-state index >= 15 is 0 Å². The Kier molecular flexibility index (Phi) is 5.08. The lowest BCUT2D eigenvalue weighted by molar-refractivity contribution is 0.367. The van der Waals surface area contributed by atoms with E-state index in [1.54, 1.807) is 6.07 Å². The average Bonchev–Trinajstić information content (AvgIpc) is 3.14. The second kappa shape index (κ2) is 7.39. The maximum Gasteiger partial charge on any atom is 0.169 e. The molecule has 4 nitrogen and oxygen atoms in total. The number of aromatic nitrogens is 2. The highest BCUT2D eigenvalue weighted by Crippen LogP contribution is 2.41. The van der Waals surface area contributed by atoms with Gasteiger partial charge in [0.2, 0.25) is 0 Å². The van der Waals surface area contributed by atoms with Crippen LogP contribution < -0.4 is 5.32 Å². The van der Waals surface area contributed by atoms with Crippen molar-refractivity contribution in [3.8, 4) is 5.69 Å². The summed E-state index contributed by atoms with van der Waals surface area (Å²) in [6.07, 6.45) is 1.81. The molecular formula is C21H20Cl2N4S.